The molecule has 0 bridgehead atoms. The molecule has 0 aromatic carbocycles. The number of hydrogen-bond acceptors (Lipinski definition) is 7. The number of amides is 1. The number of carbonyl (C=O) groups is 1. The lowest BCUT2D eigenvalue weighted by Gasteiger charge is -2.31. The van der Waals surface area contributed by atoms with Gasteiger partial charge >= 0.3 is 0 Å². The van der Waals surface area contributed by atoms with Crippen molar-refractivity contribution in [1.82, 2.24) is 14.9 Å². The Morgan fingerprint density at radius 2 is 2.15 bits per heavy atom. The Bertz CT molecular complexity index is 844. The third-order valence-electron chi connectivity index (χ3n) is 4.82. The Hall–Kier alpha value is -3.03. The molecule has 0 spiro atoms. The molecular formula is C19H22N4O4. The van der Waals surface area contributed by atoms with Crippen molar-refractivity contribution in [2.75, 3.05) is 38.3 Å². The van der Waals surface area contributed by atoms with Crippen LogP contribution in [0.5, 0.6) is 17.5 Å². The fourth-order valence-electron chi connectivity index (χ4n) is 3.46. The molecule has 1 fully saturated rings. The quantitative estimate of drug-likeness (QED) is 0.744. The first-order chi connectivity index (χ1) is 13.2. The van der Waals surface area contributed by atoms with E-state index in [4.69, 9.17) is 14.2 Å². The van der Waals surface area contributed by atoms with Gasteiger partial charge in [0.05, 0.1) is 44.0 Å². The second kappa shape index (κ2) is 7.30. The normalized spacial score (nSPS) is 18.7. The molecule has 1 amide bonds. The third-order valence-corrected chi connectivity index (χ3v) is 4.82. The van der Waals surface area contributed by atoms with Gasteiger partial charge in [0, 0.05) is 24.6 Å². The van der Waals surface area contributed by atoms with Crippen LogP contribution in [-0.4, -0.2) is 60.7 Å². The molecule has 2 aliphatic heterocycles. The van der Waals surface area contributed by atoms with Crippen LogP contribution in [0, 0.1) is 6.92 Å². The zero-order valence-corrected chi connectivity index (χ0v) is 15.4. The summed E-state index contributed by atoms with van der Waals surface area (Å²) in [5.74, 6) is 1.86. The van der Waals surface area contributed by atoms with Crippen molar-refractivity contribution in [3.05, 3.63) is 30.1 Å². The maximum absolute atomic E-state index is 10.9. The van der Waals surface area contributed by atoms with E-state index in [2.05, 4.69) is 14.9 Å². The van der Waals surface area contributed by atoms with E-state index < -0.39 is 0 Å². The first-order valence-electron chi connectivity index (χ1n) is 8.95. The number of pyridine rings is 2. The summed E-state index contributed by atoms with van der Waals surface area (Å²) in [4.78, 5) is 23.5. The highest BCUT2D eigenvalue weighted by Crippen LogP contribution is 2.38. The number of hydrogen-bond donors (Lipinski definition) is 0. The second-order valence-corrected chi connectivity index (χ2v) is 6.64. The number of anilines is 2. The van der Waals surface area contributed by atoms with Crippen LogP contribution in [0.15, 0.2) is 24.5 Å². The minimum absolute atomic E-state index is 0.0383. The van der Waals surface area contributed by atoms with Crippen molar-refractivity contribution in [2.45, 2.75) is 19.4 Å². The van der Waals surface area contributed by atoms with Crippen LogP contribution >= 0.6 is 0 Å². The fraction of sp³-hybridized carbons (Fsp3) is 0.421. The summed E-state index contributed by atoms with van der Waals surface area (Å²) in [5.41, 5.74) is 2.82. The Kier molecular flexibility index (Phi) is 4.70. The van der Waals surface area contributed by atoms with Gasteiger partial charge in [-0.15, -0.1) is 0 Å². The zero-order chi connectivity index (χ0) is 18.8. The molecule has 4 heterocycles. The monoisotopic (exact) mass is 370 g/mol. The number of ether oxygens (including phenoxy) is 3. The maximum Gasteiger partial charge on any atom is 0.216 e. The molecule has 1 atom stereocenters. The van der Waals surface area contributed by atoms with Crippen molar-refractivity contribution in [1.29, 1.82) is 0 Å². The number of aryl methyl sites for hydroxylation is 1. The zero-order valence-electron chi connectivity index (χ0n) is 15.4. The lowest BCUT2D eigenvalue weighted by molar-refractivity contribution is -0.117. The summed E-state index contributed by atoms with van der Waals surface area (Å²) >= 11 is 0. The van der Waals surface area contributed by atoms with Crippen molar-refractivity contribution in [3.8, 4) is 17.5 Å². The summed E-state index contributed by atoms with van der Waals surface area (Å²) < 4.78 is 17.0. The summed E-state index contributed by atoms with van der Waals surface area (Å²) in [7, 11) is 1.61. The third kappa shape index (κ3) is 3.47. The molecule has 0 radical (unpaired) electrons. The van der Waals surface area contributed by atoms with Gasteiger partial charge in [-0.2, -0.15) is 0 Å². The van der Waals surface area contributed by atoms with Gasteiger partial charge in [-0.3, -0.25) is 4.79 Å². The molecule has 8 heteroatoms. The average Bonchev–Trinajstić information content (AvgIpc) is 3.15. The summed E-state index contributed by atoms with van der Waals surface area (Å²) in [5, 5.41) is 0. The molecule has 0 unspecified atom stereocenters. The largest absolute Gasteiger partial charge is 0.488 e. The van der Waals surface area contributed by atoms with E-state index in [1.54, 1.807) is 24.4 Å². The summed E-state index contributed by atoms with van der Waals surface area (Å²) in [6, 6.07) is 3.93. The summed E-state index contributed by atoms with van der Waals surface area (Å²) in [6.45, 7) is 4.54. The molecule has 142 valence electrons. The van der Waals surface area contributed by atoms with Crippen molar-refractivity contribution in [3.63, 3.8) is 0 Å². The van der Waals surface area contributed by atoms with Crippen molar-refractivity contribution >= 4 is 17.8 Å². The van der Waals surface area contributed by atoms with E-state index in [0.29, 0.717) is 43.8 Å². The predicted molar refractivity (Wildman–Crippen MR) is 98.9 cm³/mol. The van der Waals surface area contributed by atoms with Gasteiger partial charge in [-0.05, 0) is 13.0 Å². The molecular weight excluding hydrogens is 348 g/mol. The first-order valence-corrected chi connectivity index (χ1v) is 8.95. The van der Waals surface area contributed by atoms with Gasteiger partial charge in [-0.1, -0.05) is 0 Å². The van der Waals surface area contributed by atoms with Gasteiger partial charge in [0.2, 0.25) is 18.2 Å². The van der Waals surface area contributed by atoms with E-state index >= 15 is 0 Å². The minimum Gasteiger partial charge on any atom is -0.488 e. The second-order valence-electron chi connectivity index (χ2n) is 6.64. The highest BCUT2D eigenvalue weighted by Gasteiger charge is 2.26. The SMILES string of the molecule is COc1ncc(N2CCOc3cnc(O[C@H]4CCN(C=O)C4)cc32)cc1C. The topological polar surface area (TPSA) is 77.0 Å². The lowest BCUT2D eigenvalue weighted by Crippen LogP contribution is -2.29. The first kappa shape index (κ1) is 17.4. The molecule has 0 saturated carbocycles. The number of likely N-dealkylation sites (tertiary alicyclic amines) is 1. The van der Waals surface area contributed by atoms with E-state index in [9.17, 15) is 4.79 Å². The van der Waals surface area contributed by atoms with E-state index in [1.165, 1.54) is 0 Å². The van der Waals surface area contributed by atoms with Crippen LogP contribution in [0.1, 0.15) is 12.0 Å². The van der Waals surface area contributed by atoms with Gasteiger partial charge in [-0.25, -0.2) is 9.97 Å². The van der Waals surface area contributed by atoms with Crippen molar-refractivity contribution < 1.29 is 19.0 Å². The number of nitrogens with zero attached hydrogens (tertiary/aromatic N) is 4. The molecule has 2 aliphatic rings. The van der Waals surface area contributed by atoms with Crippen LogP contribution in [0.2, 0.25) is 0 Å². The van der Waals surface area contributed by atoms with Crippen LogP contribution in [-0.2, 0) is 4.79 Å². The van der Waals surface area contributed by atoms with E-state index in [-0.39, 0.29) is 6.10 Å². The minimum atomic E-state index is -0.0383. The van der Waals surface area contributed by atoms with Crippen LogP contribution < -0.4 is 19.1 Å². The number of rotatable bonds is 5. The Balaban J connectivity index is 1.59. The standard InChI is InChI=1S/C19H22N4O4/c1-13-7-14(9-21-19(13)25-2)23-5-6-26-17-10-20-18(8-16(17)23)27-15-3-4-22(11-15)12-24/h7-10,12,15H,3-6,11H2,1-2H3/t15-/m0/s1. The number of methoxy groups -OCH3 is 1. The van der Waals surface area contributed by atoms with Gasteiger partial charge < -0.3 is 24.0 Å². The number of aromatic nitrogens is 2. The molecule has 1 saturated heterocycles. The Morgan fingerprint density at radius 3 is 2.89 bits per heavy atom. The molecule has 2 aromatic heterocycles. The fourth-order valence-corrected chi connectivity index (χ4v) is 3.46. The smallest absolute Gasteiger partial charge is 0.216 e. The van der Waals surface area contributed by atoms with E-state index in [1.807, 2.05) is 19.1 Å². The Morgan fingerprint density at radius 1 is 1.26 bits per heavy atom. The Labute approximate surface area is 157 Å². The highest BCUT2D eigenvalue weighted by atomic mass is 16.5. The highest BCUT2D eigenvalue weighted by molar-refractivity contribution is 5.71. The van der Waals surface area contributed by atoms with E-state index in [0.717, 1.165) is 29.8 Å². The van der Waals surface area contributed by atoms with Gasteiger partial charge in [0.15, 0.2) is 5.75 Å². The molecule has 0 aliphatic carbocycles. The number of fused-ring (bicyclic) bond motifs is 1. The summed E-state index contributed by atoms with van der Waals surface area (Å²) in [6.07, 6.45) is 5.11. The molecule has 2 aromatic rings. The van der Waals surface area contributed by atoms with Crippen LogP contribution in [0.4, 0.5) is 11.4 Å². The molecule has 8 nitrogen and oxygen atoms in total. The van der Waals surface area contributed by atoms with Gasteiger partial charge in [0.25, 0.3) is 0 Å². The van der Waals surface area contributed by atoms with Gasteiger partial charge in [0.1, 0.15) is 12.7 Å². The molecule has 27 heavy (non-hydrogen) atoms. The maximum atomic E-state index is 10.9. The van der Waals surface area contributed by atoms with Crippen molar-refractivity contribution in [2.24, 2.45) is 0 Å². The predicted octanol–water partition coefficient (Wildman–Crippen LogP) is 1.93. The molecule has 0 N–H and O–H groups in total. The number of carbonyl (C=O) groups excluding carboxylic acids is 1. The average molecular weight is 370 g/mol. The van der Waals surface area contributed by atoms with Crippen LogP contribution in [0.3, 0.4) is 0 Å². The lowest BCUT2D eigenvalue weighted by atomic mass is 10.2. The molecule has 4 rings (SSSR count). The van der Waals surface area contributed by atoms with Crippen LogP contribution in [0.25, 0.3) is 0 Å².